The smallest absolute Gasteiger partial charge is 0.131 e. The molecule has 0 aliphatic carbocycles. The second-order valence-corrected chi connectivity index (χ2v) is 3.38. The van der Waals surface area contributed by atoms with E-state index in [1.165, 1.54) is 16.5 Å². The van der Waals surface area contributed by atoms with Crippen LogP contribution in [0.4, 0.5) is 5.82 Å². The van der Waals surface area contributed by atoms with Crippen molar-refractivity contribution >= 4 is 16.6 Å². The van der Waals surface area contributed by atoms with Crippen LogP contribution in [0, 0.1) is 13.8 Å². The Bertz CT molecular complexity index is 461. The predicted molar refractivity (Wildman–Crippen MR) is 55.6 cm³/mol. The van der Waals surface area contributed by atoms with Crippen molar-refractivity contribution in [3.05, 3.63) is 35.5 Å². The summed E-state index contributed by atoms with van der Waals surface area (Å²) < 4.78 is 0. The summed E-state index contributed by atoms with van der Waals surface area (Å²) in [5.74, 6) is 0.615. The van der Waals surface area contributed by atoms with E-state index in [1.807, 2.05) is 13.1 Å². The van der Waals surface area contributed by atoms with Crippen molar-refractivity contribution in [1.29, 1.82) is 0 Å². The summed E-state index contributed by atoms with van der Waals surface area (Å²) in [7, 11) is 0. The maximum Gasteiger partial charge on any atom is 0.131 e. The molecule has 0 fully saturated rings. The van der Waals surface area contributed by atoms with Crippen molar-refractivity contribution in [1.82, 2.24) is 4.98 Å². The Morgan fingerprint density at radius 3 is 2.69 bits per heavy atom. The van der Waals surface area contributed by atoms with Crippen LogP contribution in [0.15, 0.2) is 24.4 Å². The van der Waals surface area contributed by atoms with Crippen LogP contribution in [0.3, 0.4) is 0 Å². The monoisotopic (exact) mass is 172 g/mol. The number of aromatic nitrogens is 1. The first-order valence-electron chi connectivity index (χ1n) is 4.30. The Labute approximate surface area is 77.4 Å². The predicted octanol–water partition coefficient (Wildman–Crippen LogP) is 2.43. The van der Waals surface area contributed by atoms with E-state index in [9.17, 15) is 0 Å². The van der Waals surface area contributed by atoms with Crippen LogP contribution < -0.4 is 5.73 Å². The summed E-state index contributed by atoms with van der Waals surface area (Å²) in [6, 6.07) is 6.26. The lowest BCUT2D eigenvalue weighted by molar-refractivity contribution is 1.31. The van der Waals surface area contributed by atoms with Gasteiger partial charge < -0.3 is 5.73 Å². The van der Waals surface area contributed by atoms with Gasteiger partial charge in [-0.05, 0) is 30.9 Å². The van der Waals surface area contributed by atoms with E-state index in [1.54, 1.807) is 0 Å². The number of rotatable bonds is 0. The third kappa shape index (κ3) is 1.24. The Balaban J connectivity index is 2.92. The van der Waals surface area contributed by atoms with E-state index < -0.39 is 0 Å². The molecule has 0 spiro atoms. The fourth-order valence-electron chi connectivity index (χ4n) is 1.52. The Hall–Kier alpha value is -1.57. The van der Waals surface area contributed by atoms with Crippen LogP contribution in [-0.4, -0.2) is 4.98 Å². The van der Waals surface area contributed by atoms with Gasteiger partial charge >= 0.3 is 0 Å². The van der Waals surface area contributed by atoms with Crippen molar-refractivity contribution in [2.45, 2.75) is 13.8 Å². The lowest BCUT2D eigenvalue weighted by Gasteiger charge is -2.04. The number of nitrogens with two attached hydrogens (primary N) is 1. The standard InChI is InChI=1S/C11H12N2/c1-7-3-4-9-8(2)6-13-11(12)10(9)5-7/h3-6H,1-2H3,(H2,12,13). The topological polar surface area (TPSA) is 38.9 Å². The molecular formula is C11H12N2. The molecule has 2 aromatic rings. The molecule has 1 heterocycles. The molecule has 2 N–H and O–H groups in total. The zero-order chi connectivity index (χ0) is 9.42. The lowest BCUT2D eigenvalue weighted by Crippen LogP contribution is -1.93. The van der Waals surface area contributed by atoms with Crippen LogP contribution in [0.1, 0.15) is 11.1 Å². The highest BCUT2D eigenvalue weighted by Gasteiger charge is 2.01. The van der Waals surface area contributed by atoms with Crippen LogP contribution in [-0.2, 0) is 0 Å². The Morgan fingerprint density at radius 1 is 1.15 bits per heavy atom. The van der Waals surface area contributed by atoms with Gasteiger partial charge in [-0.15, -0.1) is 0 Å². The molecule has 1 aromatic carbocycles. The summed E-state index contributed by atoms with van der Waals surface area (Å²) in [6.07, 6.45) is 1.81. The summed E-state index contributed by atoms with van der Waals surface area (Å²) in [6.45, 7) is 4.10. The number of nitrogen functional groups attached to an aromatic ring is 1. The van der Waals surface area contributed by atoms with E-state index in [0.29, 0.717) is 5.82 Å². The van der Waals surface area contributed by atoms with Gasteiger partial charge in [0.25, 0.3) is 0 Å². The summed E-state index contributed by atoms with van der Waals surface area (Å²) in [5.41, 5.74) is 8.17. The minimum absolute atomic E-state index is 0.615. The summed E-state index contributed by atoms with van der Waals surface area (Å²) in [4.78, 5) is 4.13. The average molecular weight is 172 g/mol. The molecule has 0 saturated heterocycles. The molecular weight excluding hydrogens is 160 g/mol. The van der Waals surface area contributed by atoms with E-state index >= 15 is 0 Å². The number of benzene rings is 1. The van der Waals surface area contributed by atoms with Crippen molar-refractivity contribution < 1.29 is 0 Å². The first-order chi connectivity index (χ1) is 6.18. The van der Waals surface area contributed by atoms with Gasteiger partial charge in [-0.3, -0.25) is 0 Å². The van der Waals surface area contributed by atoms with Gasteiger partial charge in [0.1, 0.15) is 5.82 Å². The normalized spacial score (nSPS) is 10.6. The highest BCUT2D eigenvalue weighted by Crippen LogP contribution is 2.22. The molecule has 0 saturated carbocycles. The molecule has 0 bridgehead atoms. The van der Waals surface area contributed by atoms with Crippen LogP contribution >= 0.6 is 0 Å². The number of fused-ring (bicyclic) bond motifs is 1. The minimum atomic E-state index is 0.615. The second-order valence-electron chi connectivity index (χ2n) is 3.38. The molecule has 0 unspecified atom stereocenters. The van der Waals surface area contributed by atoms with E-state index in [-0.39, 0.29) is 0 Å². The van der Waals surface area contributed by atoms with Crippen LogP contribution in [0.5, 0.6) is 0 Å². The SMILES string of the molecule is Cc1ccc2c(C)cnc(N)c2c1. The molecule has 66 valence electrons. The number of hydrogen-bond donors (Lipinski definition) is 1. The molecule has 2 heteroatoms. The highest BCUT2D eigenvalue weighted by molar-refractivity contribution is 5.93. The molecule has 0 aliphatic heterocycles. The maximum absolute atomic E-state index is 5.78. The number of hydrogen-bond acceptors (Lipinski definition) is 2. The zero-order valence-corrected chi connectivity index (χ0v) is 7.83. The van der Waals surface area contributed by atoms with E-state index in [0.717, 1.165) is 5.39 Å². The molecule has 2 nitrogen and oxygen atoms in total. The van der Waals surface area contributed by atoms with Gasteiger partial charge in [0.15, 0.2) is 0 Å². The van der Waals surface area contributed by atoms with E-state index in [4.69, 9.17) is 5.73 Å². The first-order valence-corrected chi connectivity index (χ1v) is 4.30. The molecule has 0 amide bonds. The fraction of sp³-hybridized carbons (Fsp3) is 0.182. The van der Waals surface area contributed by atoms with E-state index in [2.05, 4.69) is 30.1 Å². The Kier molecular flexibility index (Phi) is 1.69. The van der Waals surface area contributed by atoms with Gasteiger partial charge in [-0.2, -0.15) is 0 Å². The maximum atomic E-state index is 5.78. The average Bonchev–Trinajstić information content (AvgIpc) is 2.12. The summed E-state index contributed by atoms with van der Waals surface area (Å²) >= 11 is 0. The molecule has 0 atom stereocenters. The number of nitrogens with zero attached hydrogens (tertiary/aromatic N) is 1. The molecule has 13 heavy (non-hydrogen) atoms. The van der Waals surface area contributed by atoms with Crippen molar-refractivity contribution in [2.24, 2.45) is 0 Å². The number of aryl methyl sites for hydroxylation is 2. The third-order valence-corrected chi connectivity index (χ3v) is 2.27. The van der Waals surface area contributed by atoms with Crippen LogP contribution in [0.2, 0.25) is 0 Å². The quantitative estimate of drug-likeness (QED) is 0.662. The van der Waals surface area contributed by atoms with Crippen molar-refractivity contribution in [3.8, 4) is 0 Å². The second kappa shape index (κ2) is 2.73. The molecule has 1 aromatic heterocycles. The number of pyridine rings is 1. The molecule has 0 aliphatic rings. The Morgan fingerprint density at radius 2 is 1.92 bits per heavy atom. The largest absolute Gasteiger partial charge is 0.383 e. The fourth-order valence-corrected chi connectivity index (χ4v) is 1.52. The number of anilines is 1. The summed E-state index contributed by atoms with van der Waals surface area (Å²) in [5, 5.41) is 2.25. The van der Waals surface area contributed by atoms with Gasteiger partial charge in [-0.25, -0.2) is 4.98 Å². The van der Waals surface area contributed by atoms with Crippen molar-refractivity contribution in [2.75, 3.05) is 5.73 Å². The molecule has 0 radical (unpaired) electrons. The van der Waals surface area contributed by atoms with Gasteiger partial charge in [0.2, 0.25) is 0 Å². The first kappa shape index (κ1) is 8.05. The van der Waals surface area contributed by atoms with Crippen LogP contribution in [0.25, 0.3) is 10.8 Å². The third-order valence-electron chi connectivity index (χ3n) is 2.27. The highest BCUT2D eigenvalue weighted by atomic mass is 14.8. The van der Waals surface area contributed by atoms with Crippen molar-refractivity contribution in [3.63, 3.8) is 0 Å². The van der Waals surface area contributed by atoms with Gasteiger partial charge in [0.05, 0.1) is 0 Å². The molecule has 2 rings (SSSR count). The zero-order valence-electron chi connectivity index (χ0n) is 7.83. The minimum Gasteiger partial charge on any atom is -0.383 e. The van der Waals surface area contributed by atoms with Gasteiger partial charge in [0, 0.05) is 11.6 Å². The van der Waals surface area contributed by atoms with Gasteiger partial charge in [-0.1, -0.05) is 17.7 Å². The lowest BCUT2D eigenvalue weighted by atomic mass is 10.1.